The van der Waals surface area contributed by atoms with E-state index in [0.29, 0.717) is 12.5 Å². The molecule has 0 spiro atoms. The predicted octanol–water partition coefficient (Wildman–Crippen LogP) is 3.44. The van der Waals surface area contributed by atoms with Crippen LogP contribution in [0.1, 0.15) is 55.0 Å². The van der Waals surface area contributed by atoms with Gasteiger partial charge in [0.2, 0.25) is 0 Å². The number of benzene rings is 1. The zero-order chi connectivity index (χ0) is 13.8. The average molecular weight is 269 g/mol. The molecule has 3 nitrogen and oxygen atoms in total. The fraction of sp³-hybridized carbons (Fsp3) is 0.471. The molecule has 2 N–H and O–H groups in total. The van der Waals surface area contributed by atoms with E-state index in [0.717, 1.165) is 6.54 Å². The largest absolute Gasteiger partial charge is 0.330 e. The Morgan fingerprint density at radius 3 is 2.75 bits per heavy atom. The van der Waals surface area contributed by atoms with Crippen molar-refractivity contribution in [2.24, 2.45) is 5.73 Å². The van der Waals surface area contributed by atoms with Gasteiger partial charge in [-0.25, -0.2) is 4.98 Å². The van der Waals surface area contributed by atoms with Gasteiger partial charge in [-0.1, -0.05) is 43.5 Å². The summed E-state index contributed by atoms with van der Waals surface area (Å²) >= 11 is 0. The third kappa shape index (κ3) is 2.93. The van der Waals surface area contributed by atoms with Crippen molar-refractivity contribution >= 4 is 0 Å². The number of imidazole rings is 1. The normalized spacial score (nSPS) is 16.4. The molecule has 0 bridgehead atoms. The second-order valence-corrected chi connectivity index (χ2v) is 5.77. The zero-order valence-electron chi connectivity index (χ0n) is 12.0. The van der Waals surface area contributed by atoms with Crippen molar-refractivity contribution in [1.82, 2.24) is 9.55 Å². The van der Waals surface area contributed by atoms with Gasteiger partial charge in [-0.15, -0.1) is 0 Å². The highest BCUT2D eigenvalue weighted by molar-refractivity contribution is 5.24. The summed E-state index contributed by atoms with van der Waals surface area (Å²) in [7, 11) is 0. The van der Waals surface area contributed by atoms with Gasteiger partial charge in [0.25, 0.3) is 0 Å². The maximum Gasteiger partial charge on any atom is 0.112 e. The van der Waals surface area contributed by atoms with Crippen molar-refractivity contribution in [1.29, 1.82) is 0 Å². The van der Waals surface area contributed by atoms with Crippen LogP contribution in [0.15, 0.2) is 36.7 Å². The van der Waals surface area contributed by atoms with E-state index in [9.17, 15) is 0 Å². The Morgan fingerprint density at radius 1 is 1.15 bits per heavy atom. The molecule has 0 aliphatic heterocycles. The van der Waals surface area contributed by atoms with Gasteiger partial charge in [0.1, 0.15) is 5.82 Å². The lowest BCUT2D eigenvalue weighted by Crippen LogP contribution is -2.12. The molecule has 1 aromatic heterocycles. The number of hydrogen-bond acceptors (Lipinski definition) is 2. The van der Waals surface area contributed by atoms with Crippen LogP contribution in [0.4, 0.5) is 0 Å². The van der Waals surface area contributed by atoms with E-state index in [2.05, 4.69) is 40.0 Å². The molecular formula is C17H23N3. The van der Waals surface area contributed by atoms with Gasteiger partial charge in [0.15, 0.2) is 0 Å². The quantitative estimate of drug-likeness (QED) is 0.924. The molecule has 106 valence electrons. The molecule has 0 unspecified atom stereocenters. The Hall–Kier alpha value is -1.61. The van der Waals surface area contributed by atoms with Crippen molar-refractivity contribution in [3.05, 3.63) is 53.6 Å². The van der Waals surface area contributed by atoms with E-state index >= 15 is 0 Å². The molecule has 2 aromatic rings. The SMILES string of the molecule is NCc1cccc(Cn2ccnc2C2CCCCC2)c1. The number of hydrogen-bond donors (Lipinski definition) is 1. The molecule has 1 saturated carbocycles. The smallest absolute Gasteiger partial charge is 0.112 e. The lowest BCUT2D eigenvalue weighted by molar-refractivity contribution is 0.418. The lowest BCUT2D eigenvalue weighted by atomic mass is 9.88. The first kappa shape index (κ1) is 13.4. The fourth-order valence-electron chi connectivity index (χ4n) is 3.23. The van der Waals surface area contributed by atoms with Gasteiger partial charge in [0, 0.05) is 31.4 Å². The number of nitrogens with zero attached hydrogens (tertiary/aromatic N) is 2. The van der Waals surface area contributed by atoms with Crippen molar-refractivity contribution in [3.63, 3.8) is 0 Å². The summed E-state index contributed by atoms with van der Waals surface area (Å²) in [5, 5.41) is 0. The first-order valence-corrected chi connectivity index (χ1v) is 7.66. The summed E-state index contributed by atoms with van der Waals surface area (Å²) < 4.78 is 2.31. The summed E-state index contributed by atoms with van der Waals surface area (Å²) in [5.41, 5.74) is 8.22. The second-order valence-electron chi connectivity index (χ2n) is 5.77. The summed E-state index contributed by atoms with van der Waals surface area (Å²) in [5.74, 6) is 1.92. The number of rotatable bonds is 4. The summed E-state index contributed by atoms with van der Waals surface area (Å²) in [6, 6.07) is 8.54. The van der Waals surface area contributed by atoms with Gasteiger partial charge in [-0.05, 0) is 24.0 Å². The number of nitrogens with two attached hydrogens (primary N) is 1. The van der Waals surface area contributed by atoms with E-state index in [4.69, 9.17) is 5.73 Å². The van der Waals surface area contributed by atoms with Crippen molar-refractivity contribution < 1.29 is 0 Å². The monoisotopic (exact) mass is 269 g/mol. The first-order valence-electron chi connectivity index (χ1n) is 7.66. The Labute approximate surface area is 120 Å². The molecule has 20 heavy (non-hydrogen) atoms. The molecule has 3 rings (SSSR count). The van der Waals surface area contributed by atoms with Crippen LogP contribution in [0.2, 0.25) is 0 Å². The second kappa shape index (κ2) is 6.23. The number of aromatic nitrogens is 2. The first-order chi connectivity index (χ1) is 9.86. The Bertz CT molecular complexity index is 553. The van der Waals surface area contributed by atoms with Gasteiger partial charge in [-0.2, -0.15) is 0 Å². The molecule has 0 radical (unpaired) electrons. The molecule has 1 fully saturated rings. The third-order valence-corrected chi connectivity index (χ3v) is 4.30. The highest BCUT2D eigenvalue weighted by atomic mass is 15.1. The minimum atomic E-state index is 0.604. The van der Waals surface area contributed by atoms with Crippen molar-refractivity contribution in [3.8, 4) is 0 Å². The maximum absolute atomic E-state index is 5.72. The lowest BCUT2D eigenvalue weighted by Gasteiger charge is -2.22. The van der Waals surface area contributed by atoms with E-state index < -0.39 is 0 Å². The van der Waals surface area contributed by atoms with Gasteiger partial charge < -0.3 is 10.3 Å². The van der Waals surface area contributed by atoms with Crippen LogP contribution in [0, 0.1) is 0 Å². The molecule has 0 amide bonds. The minimum Gasteiger partial charge on any atom is -0.330 e. The highest BCUT2D eigenvalue weighted by Crippen LogP contribution is 2.31. The van der Waals surface area contributed by atoms with Crippen LogP contribution in [-0.4, -0.2) is 9.55 Å². The van der Waals surface area contributed by atoms with Crippen LogP contribution in [-0.2, 0) is 13.1 Å². The average Bonchev–Trinajstić information content (AvgIpc) is 2.96. The van der Waals surface area contributed by atoms with Gasteiger partial charge in [0.05, 0.1) is 0 Å². The molecule has 0 saturated heterocycles. The highest BCUT2D eigenvalue weighted by Gasteiger charge is 2.19. The zero-order valence-corrected chi connectivity index (χ0v) is 12.0. The summed E-state index contributed by atoms with van der Waals surface area (Å²) in [6.07, 6.45) is 10.7. The standard InChI is InChI=1S/C17H23N3/c18-12-14-5-4-6-15(11-14)13-20-10-9-19-17(20)16-7-2-1-3-8-16/h4-6,9-11,16H,1-3,7-8,12-13,18H2. The van der Waals surface area contributed by atoms with Crippen LogP contribution in [0.25, 0.3) is 0 Å². The molecule has 1 aromatic carbocycles. The van der Waals surface area contributed by atoms with Crippen LogP contribution >= 0.6 is 0 Å². The molecule has 1 aliphatic rings. The van der Waals surface area contributed by atoms with E-state index in [-0.39, 0.29) is 0 Å². The maximum atomic E-state index is 5.72. The molecule has 0 atom stereocenters. The van der Waals surface area contributed by atoms with Crippen molar-refractivity contribution in [2.75, 3.05) is 0 Å². The van der Waals surface area contributed by atoms with E-state index in [1.54, 1.807) is 0 Å². The van der Waals surface area contributed by atoms with Gasteiger partial charge in [-0.3, -0.25) is 0 Å². The predicted molar refractivity (Wildman–Crippen MR) is 81.5 cm³/mol. The van der Waals surface area contributed by atoms with Crippen LogP contribution in [0.3, 0.4) is 0 Å². The van der Waals surface area contributed by atoms with Crippen LogP contribution in [0.5, 0.6) is 0 Å². The summed E-state index contributed by atoms with van der Waals surface area (Å²) in [6.45, 7) is 1.51. The molecule has 3 heteroatoms. The van der Waals surface area contributed by atoms with Gasteiger partial charge >= 0.3 is 0 Å². The third-order valence-electron chi connectivity index (χ3n) is 4.30. The summed E-state index contributed by atoms with van der Waals surface area (Å²) in [4.78, 5) is 4.62. The van der Waals surface area contributed by atoms with Crippen molar-refractivity contribution in [2.45, 2.75) is 51.1 Å². The fourth-order valence-corrected chi connectivity index (χ4v) is 3.23. The molecule has 1 aliphatic carbocycles. The Kier molecular flexibility index (Phi) is 4.16. The molecular weight excluding hydrogens is 246 g/mol. The Morgan fingerprint density at radius 2 is 1.95 bits per heavy atom. The topological polar surface area (TPSA) is 43.8 Å². The minimum absolute atomic E-state index is 0.604. The molecule has 1 heterocycles. The Balaban J connectivity index is 1.78. The van der Waals surface area contributed by atoms with E-state index in [1.165, 1.54) is 49.1 Å². The van der Waals surface area contributed by atoms with Crippen LogP contribution < -0.4 is 5.73 Å². The van der Waals surface area contributed by atoms with E-state index in [1.807, 2.05) is 6.20 Å².